The molecule has 7 heteroatoms. The van der Waals surface area contributed by atoms with Crippen molar-refractivity contribution in [2.45, 2.75) is 38.3 Å². The van der Waals surface area contributed by atoms with Crippen molar-refractivity contribution in [3.8, 4) is 0 Å². The number of benzene rings is 1. The highest BCUT2D eigenvalue weighted by Gasteiger charge is 2.27. The van der Waals surface area contributed by atoms with Crippen molar-refractivity contribution >= 4 is 24.3 Å². The van der Waals surface area contributed by atoms with Gasteiger partial charge in [0.15, 0.2) is 0 Å². The molecule has 2 atom stereocenters. The number of nitrogens with zero attached hydrogens (tertiary/aromatic N) is 4. The quantitative estimate of drug-likeness (QED) is 0.330. The van der Waals surface area contributed by atoms with Crippen LogP contribution in [-0.2, 0) is 0 Å². The van der Waals surface area contributed by atoms with Gasteiger partial charge in [0.05, 0.1) is 19.1 Å². The molecule has 1 fully saturated rings. The van der Waals surface area contributed by atoms with Crippen molar-refractivity contribution in [2.24, 2.45) is 21.7 Å². The number of fused-ring (bicyclic) bond motifs is 1. The van der Waals surface area contributed by atoms with E-state index in [1.807, 2.05) is 42.3 Å². The molecule has 1 saturated carbocycles. The molecule has 2 unspecified atom stereocenters. The summed E-state index contributed by atoms with van der Waals surface area (Å²) in [6, 6.07) is 7.73. The molecule has 0 bridgehead atoms. The first-order chi connectivity index (χ1) is 16.6. The molecule has 0 spiro atoms. The van der Waals surface area contributed by atoms with Crippen molar-refractivity contribution in [2.75, 3.05) is 32.7 Å². The normalized spacial score (nSPS) is 20.8. The second-order valence-electron chi connectivity index (χ2n) is 9.35. The number of hydrazone groups is 1. The maximum absolute atomic E-state index is 7.72. The SMILES string of the molecule is C=NN(CC1CN2C=C(CNCC3CCC3)C=CC2=N1)CC(N)/C(=C/C)c1ccccc1C=N. The lowest BCUT2D eigenvalue weighted by Gasteiger charge is -2.27. The topological polar surface area (TPSA) is 93.1 Å². The van der Waals surface area contributed by atoms with E-state index < -0.39 is 0 Å². The Kier molecular flexibility index (Phi) is 8.08. The Hall–Kier alpha value is -3.03. The minimum atomic E-state index is -0.249. The van der Waals surface area contributed by atoms with Gasteiger partial charge in [0.2, 0.25) is 0 Å². The monoisotopic (exact) mass is 459 g/mol. The number of allylic oxidation sites excluding steroid dienone is 1. The standard InChI is InChI=1S/C27H37N7/c1-3-24(25-10-5-4-9-22(25)13-28)26(29)19-34(30-2)18-23-17-33-16-21(11-12-27(33)32-23)15-31-14-20-7-6-8-20/h3-5,9-13,16,20,23,26,28,31H,2,6-8,14-15,17-19,29H2,1H3/b24-3+,28-13?. The Labute approximate surface area is 203 Å². The van der Waals surface area contributed by atoms with Crippen LogP contribution in [-0.4, -0.2) is 73.5 Å². The Bertz CT molecular complexity index is 1000. The van der Waals surface area contributed by atoms with E-state index >= 15 is 0 Å². The molecule has 1 aliphatic carbocycles. The Morgan fingerprint density at radius 1 is 1.38 bits per heavy atom. The number of hydrogen-bond acceptors (Lipinski definition) is 7. The molecule has 2 heterocycles. The van der Waals surface area contributed by atoms with Gasteiger partial charge in [-0.1, -0.05) is 42.8 Å². The summed E-state index contributed by atoms with van der Waals surface area (Å²) < 4.78 is 0. The lowest BCUT2D eigenvalue weighted by Crippen LogP contribution is -2.40. The first-order valence-corrected chi connectivity index (χ1v) is 12.3. The maximum atomic E-state index is 7.72. The lowest BCUT2D eigenvalue weighted by atomic mass is 9.85. The highest BCUT2D eigenvalue weighted by atomic mass is 15.5. The lowest BCUT2D eigenvalue weighted by molar-refractivity contribution is 0.264. The van der Waals surface area contributed by atoms with Crippen LogP contribution in [0.3, 0.4) is 0 Å². The molecule has 3 aliphatic rings. The molecule has 1 aromatic rings. The minimum Gasteiger partial charge on any atom is -0.331 e. The third-order valence-corrected chi connectivity index (χ3v) is 6.94. The third kappa shape index (κ3) is 5.72. The smallest absolute Gasteiger partial charge is 0.127 e. The molecule has 34 heavy (non-hydrogen) atoms. The zero-order valence-electron chi connectivity index (χ0n) is 20.2. The van der Waals surface area contributed by atoms with E-state index in [1.54, 1.807) is 0 Å². The molecule has 4 N–H and O–H groups in total. The van der Waals surface area contributed by atoms with Crippen LogP contribution in [0.25, 0.3) is 5.57 Å². The van der Waals surface area contributed by atoms with Crippen molar-refractivity contribution in [1.82, 2.24) is 15.2 Å². The summed E-state index contributed by atoms with van der Waals surface area (Å²) in [6.45, 7) is 9.82. The molecule has 2 aliphatic heterocycles. The number of rotatable bonds is 12. The average molecular weight is 460 g/mol. The van der Waals surface area contributed by atoms with Crippen LogP contribution in [0.1, 0.15) is 37.3 Å². The summed E-state index contributed by atoms with van der Waals surface area (Å²) in [5.74, 6) is 1.88. The molecule has 0 aromatic heterocycles. The maximum Gasteiger partial charge on any atom is 0.127 e. The fourth-order valence-corrected chi connectivity index (χ4v) is 4.84. The van der Waals surface area contributed by atoms with E-state index in [9.17, 15) is 0 Å². The number of nitrogens with two attached hydrogens (primary N) is 1. The Balaban J connectivity index is 1.31. The molecule has 4 rings (SSSR count). The zero-order chi connectivity index (χ0) is 23.9. The molecular formula is C27H37N7. The summed E-state index contributed by atoms with van der Waals surface area (Å²) in [5, 5.41) is 17.5. The Morgan fingerprint density at radius 2 is 2.21 bits per heavy atom. The minimum absolute atomic E-state index is 0.110. The Morgan fingerprint density at radius 3 is 2.91 bits per heavy atom. The summed E-state index contributed by atoms with van der Waals surface area (Å²) >= 11 is 0. The predicted molar refractivity (Wildman–Crippen MR) is 142 cm³/mol. The first kappa shape index (κ1) is 24.1. The van der Waals surface area contributed by atoms with E-state index in [2.05, 4.69) is 40.4 Å². The number of amidine groups is 1. The van der Waals surface area contributed by atoms with Gasteiger partial charge in [0, 0.05) is 38.3 Å². The van der Waals surface area contributed by atoms with Gasteiger partial charge in [-0.15, -0.1) is 0 Å². The molecule has 180 valence electrons. The second kappa shape index (κ2) is 11.4. The first-order valence-electron chi connectivity index (χ1n) is 12.3. The van der Waals surface area contributed by atoms with Gasteiger partial charge < -0.3 is 21.4 Å². The number of aliphatic imine (C=N–C) groups is 1. The van der Waals surface area contributed by atoms with Gasteiger partial charge >= 0.3 is 0 Å². The van der Waals surface area contributed by atoms with Gasteiger partial charge in [0.25, 0.3) is 0 Å². The molecular weight excluding hydrogens is 422 g/mol. The average Bonchev–Trinajstić information content (AvgIpc) is 3.22. The van der Waals surface area contributed by atoms with Crippen molar-refractivity contribution in [1.29, 1.82) is 5.41 Å². The third-order valence-electron chi connectivity index (χ3n) is 6.94. The zero-order valence-corrected chi connectivity index (χ0v) is 20.2. The molecule has 0 radical (unpaired) electrons. The van der Waals surface area contributed by atoms with Gasteiger partial charge in [-0.3, -0.25) is 10.0 Å². The van der Waals surface area contributed by atoms with Crippen LogP contribution in [0.5, 0.6) is 0 Å². The number of nitrogens with one attached hydrogen (secondary N) is 2. The summed E-state index contributed by atoms with van der Waals surface area (Å²) in [5.41, 5.74) is 10.8. The van der Waals surface area contributed by atoms with Crippen molar-refractivity contribution < 1.29 is 0 Å². The van der Waals surface area contributed by atoms with Gasteiger partial charge in [-0.05, 0) is 60.6 Å². The van der Waals surface area contributed by atoms with Gasteiger partial charge in [-0.2, -0.15) is 5.10 Å². The largest absolute Gasteiger partial charge is 0.331 e. The van der Waals surface area contributed by atoms with Crippen LogP contribution in [0.15, 0.2) is 64.4 Å². The van der Waals surface area contributed by atoms with Crippen LogP contribution in [0, 0.1) is 11.3 Å². The fraction of sp³-hybridized carbons (Fsp3) is 0.444. The number of hydrogen-bond donors (Lipinski definition) is 3. The van der Waals surface area contributed by atoms with Crippen molar-refractivity contribution in [3.63, 3.8) is 0 Å². The summed E-state index contributed by atoms with van der Waals surface area (Å²) in [4.78, 5) is 7.14. The summed E-state index contributed by atoms with van der Waals surface area (Å²) in [7, 11) is 0. The highest BCUT2D eigenvalue weighted by molar-refractivity contribution is 5.96. The highest BCUT2D eigenvalue weighted by Crippen LogP contribution is 2.25. The molecule has 0 saturated heterocycles. The van der Waals surface area contributed by atoms with Crippen LogP contribution in [0.2, 0.25) is 0 Å². The van der Waals surface area contributed by atoms with E-state index in [-0.39, 0.29) is 12.1 Å². The van der Waals surface area contributed by atoms with Crippen LogP contribution >= 0.6 is 0 Å². The molecule has 0 amide bonds. The van der Waals surface area contributed by atoms with E-state index in [4.69, 9.17) is 16.1 Å². The predicted octanol–water partition coefficient (Wildman–Crippen LogP) is 3.26. The fourth-order valence-electron chi connectivity index (χ4n) is 4.84. The van der Waals surface area contributed by atoms with Crippen LogP contribution < -0.4 is 11.1 Å². The second-order valence-corrected chi connectivity index (χ2v) is 9.35. The van der Waals surface area contributed by atoms with Crippen LogP contribution in [0.4, 0.5) is 0 Å². The molecule has 1 aromatic carbocycles. The van der Waals surface area contributed by atoms with Gasteiger partial charge in [-0.25, -0.2) is 0 Å². The van der Waals surface area contributed by atoms with Gasteiger partial charge in [0.1, 0.15) is 5.84 Å². The van der Waals surface area contributed by atoms with E-state index in [1.165, 1.54) is 31.1 Å². The van der Waals surface area contributed by atoms with E-state index in [0.29, 0.717) is 13.1 Å². The van der Waals surface area contributed by atoms with Crippen molar-refractivity contribution in [3.05, 3.63) is 65.4 Å². The summed E-state index contributed by atoms with van der Waals surface area (Å²) in [6.07, 6.45) is 14.0. The molecule has 7 nitrogen and oxygen atoms in total. The van der Waals surface area contributed by atoms with E-state index in [0.717, 1.165) is 48.1 Å².